The molecule has 1 atom stereocenters. The number of hydrogen-bond donors (Lipinski definition) is 2. The minimum Gasteiger partial charge on any atom is -0.377 e. The van der Waals surface area contributed by atoms with Gasteiger partial charge in [-0.1, -0.05) is 36.8 Å². The molecule has 33 heavy (non-hydrogen) atoms. The minimum absolute atomic E-state index is 0.118. The highest BCUT2D eigenvalue weighted by Gasteiger charge is 2.23. The van der Waals surface area contributed by atoms with Crippen LogP contribution in [0.2, 0.25) is 0 Å². The van der Waals surface area contributed by atoms with E-state index < -0.39 is 5.92 Å². The Morgan fingerprint density at radius 1 is 1.06 bits per heavy atom. The van der Waals surface area contributed by atoms with E-state index >= 15 is 0 Å². The van der Waals surface area contributed by atoms with Crippen molar-refractivity contribution in [2.75, 3.05) is 31.0 Å². The summed E-state index contributed by atoms with van der Waals surface area (Å²) in [6.45, 7) is 0.118. The van der Waals surface area contributed by atoms with Crippen molar-refractivity contribution in [2.24, 2.45) is 5.92 Å². The summed E-state index contributed by atoms with van der Waals surface area (Å²) in [5, 5.41) is 1.15. The highest BCUT2D eigenvalue weighted by molar-refractivity contribution is 5.80. The number of fused-ring (bicyclic) bond motifs is 2. The van der Waals surface area contributed by atoms with Gasteiger partial charge in [0.25, 0.3) is 0 Å². The van der Waals surface area contributed by atoms with Crippen LogP contribution in [-0.2, 0) is 16.0 Å². The molecule has 1 aromatic carbocycles. The number of amides is 2. The SMILES string of the molecule is CN(C)c1nc2nc(n1)NNC(=O)[C@@H](CN(C=O)Oc1ccccc1)CCCCC=CCC2. The Labute approximate surface area is 194 Å². The van der Waals surface area contributed by atoms with Crippen LogP contribution in [0.4, 0.5) is 11.9 Å². The number of rotatable bonds is 6. The molecule has 1 aromatic heterocycles. The molecule has 0 saturated carbocycles. The third-order valence-electron chi connectivity index (χ3n) is 5.10. The summed E-state index contributed by atoms with van der Waals surface area (Å²) in [6, 6.07) is 9.00. The van der Waals surface area contributed by atoms with Crippen molar-refractivity contribution >= 4 is 24.2 Å². The van der Waals surface area contributed by atoms with E-state index in [1.54, 1.807) is 17.0 Å². The lowest BCUT2D eigenvalue weighted by Crippen LogP contribution is -2.42. The maximum absolute atomic E-state index is 13.0. The van der Waals surface area contributed by atoms with Crippen molar-refractivity contribution in [1.82, 2.24) is 25.4 Å². The lowest BCUT2D eigenvalue weighted by molar-refractivity contribution is -0.147. The molecule has 2 heterocycles. The quantitative estimate of drug-likeness (QED) is 0.390. The van der Waals surface area contributed by atoms with Gasteiger partial charge in [0.05, 0.1) is 12.5 Å². The largest absolute Gasteiger partial charge is 0.377 e. The highest BCUT2D eigenvalue weighted by atomic mass is 16.7. The molecule has 0 spiro atoms. The summed E-state index contributed by atoms with van der Waals surface area (Å²) in [5.74, 6) is 1.20. The van der Waals surface area contributed by atoms with Crippen LogP contribution in [0.15, 0.2) is 42.5 Å². The van der Waals surface area contributed by atoms with Crippen molar-refractivity contribution in [2.45, 2.75) is 38.5 Å². The zero-order valence-electron chi connectivity index (χ0n) is 19.1. The smallest absolute Gasteiger partial charge is 0.246 e. The number of aromatic nitrogens is 3. The molecule has 2 amide bonds. The van der Waals surface area contributed by atoms with Gasteiger partial charge in [-0.2, -0.15) is 20.0 Å². The van der Waals surface area contributed by atoms with Crippen LogP contribution in [0.5, 0.6) is 5.75 Å². The number of hydrogen-bond acceptors (Lipinski definition) is 8. The topological polar surface area (TPSA) is 113 Å². The van der Waals surface area contributed by atoms with Crippen LogP contribution in [0.25, 0.3) is 0 Å². The number of anilines is 2. The van der Waals surface area contributed by atoms with Gasteiger partial charge < -0.3 is 9.74 Å². The molecular weight excluding hydrogens is 422 g/mol. The van der Waals surface area contributed by atoms with E-state index in [-0.39, 0.29) is 18.4 Å². The van der Waals surface area contributed by atoms with Crippen LogP contribution in [0, 0.1) is 5.92 Å². The van der Waals surface area contributed by atoms with Gasteiger partial charge in [-0.15, -0.1) is 0 Å². The molecule has 0 aliphatic carbocycles. The third kappa shape index (κ3) is 7.74. The predicted octanol–water partition coefficient (Wildman–Crippen LogP) is 2.51. The summed E-state index contributed by atoms with van der Waals surface area (Å²) in [4.78, 5) is 45.3. The standard InChI is InChI=1S/C23H31N7O3/c1-29(2)23-25-20-15-11-6-4-3-5-8-12-18(21(32)27-28-22(24-20)26-23)16-30(17-31)33-19-13-9-7-10-14-19/h4,6-7,9-10,13-14,17-18H,3,5,8,11-12,15-16H2,1-2H3,(H,27,32)(H,24,25,26,28)/t18-/m1/s1. The van der Waals surface area contributed by atoms with E-state index in [0.29, 0.717) is 36.8 Å². The molecular formula is C23H31N7O3. The number of nitrogens with one attached hydrogen (secondary N) is 2. The van der Waals surface area contributed by atoms with E-state index in [1.807, 2.05) is 32.3 Å². The Hall–Kier alpha value is -3.69. The average Bonchev–Trinajstić information content (AvgIpc) is 2.83. The van der Waals surface area contributed by atoms with E-state index in [4.69, 9.17) is 4.84 Å². The first-order chi connectivity index (χ1) is 16.0. The van der Waals surface area contributed by atoms with E-state index in [2.05, 4.69) is 38.0 Å². The van der Waals surface area contributed by atoms with E-state index in [1.165, 1.54) is 0 Å². The third-order valence-corrected chi connectivity index (χ3v) is 5.10. The number of hydroxylamine groups is 2. The predicted molar refractivity (Wildman–Crippen MR) is 125 cm³/mol. The summed E-state index contributed by atoms with van der Waals surface area (Å²) >= 11 is 0. The first-order valence-electron chi connectivity index (χ1n) is 11.1. The molecule has 0 radical (unpaired) electrons. The highest BCUT2D eigenvalue weighted by Crippen LogP contribution is 2.16. The summed E-state index contributed by atoms with van der Waals surface area (Å²) in [7, 11) is 3.70. The van der Waals surface area contributed by atoms with Crippen molar-refractivity contribution in [3.63, 3.8) is 0 Å². The number of carbonyl (C=O) groups excluding carboxylic acids is 2. The average molecular weight is 454 g/mol. The molecule has 10 nitrogen and oxygen atoms in total. The number of carbonyl (C=O) groups is 2. The van der Waals surface area contributed by atoms with Crippen molar-refractivity contribution in [1.29, 1.82) is 0 Å². The second-order valence-corrected chi connectivity index (χ2v) is 7.98. The van der Waals surface area contributed by atoms with Crippen LogP contribution in [0.3, 0.4) is 0 Å². The van der Waals surface area contributed by atoms with Gasteiger partial charge in [0, 0.05) is 20.5 Å². The molecule has 2 bridgehead atoms. The molecule has 1 aliphatic heterocycles. The van der Waals surface area contributed by atoms with Crippen molar-refractivity contribution in [3.05, 3.63) is 48.3 Å². The van der Waals surface area contributed by atoms with Gasteiger partial charge >= 0.3 is 0 Å². The van der Waals surface area contributed by atoms with Gasteiger partial charge in [-0.25, -0.2) is 0 Å². The monoisotopic (exact) mass is 453 g/mol. The number of allylic oxidation sites excluding steroid dienone is 2. The Balaban J connectivity index is 1.74. The van der Waals surface area contributed by atoms with E-state index in [0.717, 1.165) is 30.7 Å². The molecule has 10 heteroatoms. The summed E-state index contributed by atoms with van der Waals surface area (Å²) in [6.07, 6.45) is 9.71. The summed E-state index contributed by atoms with van der Waals surface area (Å²) < 4.78 is 0. The first-order valence-corrected chi connectivity index (χ1v) is 11.1. The second kappa shape index (κ2) is 12.4. The fourth-order valence-electron chi connectivity index (χ4n) is 3.34. The zero-order valence-corrected chi connectivity index (χ0v) is 19.1. The van der Waals surface area contributed by atoms with Crippen molar-refractivity contribution < 1.29 is 14.4 Å². The second-order valence-electron chi connectivity index (χ2n) is 7.98. The van der Waals surface area contributed by atoms with Gasteiger partial charge in [0.15, 0.2) is 5.75 Å². The van der Waals surface area contributed by atoms with Crippen LogP contribution in [-0.4, -0.2) is 53.0 Å². The molecule has 0 unspecified atom stereocenters. The Kier molecular flexibility index (Phi) is 8.98. The van der Waals surface area contributed by atoms with Gasteiger partial charge in [0.1, 0.15) is 5.82 Å². The number of hydrazine groups is 1. The number of aryl methyl sites for hydroxylation is 1. The maximum atomic E-state index is 13.0. The van der Waals surface area contributed by atoms with Crippen LogP contribution in [0.1, 0.15) is 37.9 Å². The zero-order chi connectivity index (χ0) is 23.5. The number of benzene rings is 1. The Bertz CT molecular complexity index is 937. The molecule has 1 aliphatic rings. The van der Waals surface area contributed by atoms with Gasteiger partial charge in [0.2, 0.25) is 24.2 Å². The molecule has 2 N–H and O–H groups in total. The number of para-hydroxylation sites is 1. The van der Waals surface area contributed by atoms with Crippen LogP contribution >= 0.6 is 0 Å². The van der Waals surface area contributed by atoms with Gasteiger partial charge in [-0.3, -0.25) is 20.4 Å². The fourth-order valence-corrected chi connectivity index (χ4v) is 3.34. The lowest BCUT2D eigenvalue weighted by Gasteiger charge is -2.23. The van der Waals surface area contributed by atoms with Crippen LogP contribution < -0.4 is 20.6 Å². The normalized spacial score (nSPS) is 17.0. The number of nitrogens with zero attached hydrogens (tertiary/aromatic N) is 5. The first kappa shape index (κ1) is 24.0. The van der Waals surface area contributed by atoms with E-state index in [9.17, 15) is 9.59 Å². The maximum Gasteiger partial charge on any atom is 0.246 e. The van der Waals surface area contributed by atoms with Gasteiger partial charge in [-0.05, 0) is 37.8 Å². The molecule has 0 saturated heterocycles. The molecule has 176 valence electrons. The lowest BCUT2D eigenvalue weighted by atomic mass is 10.00. The minimum atomic E-state index is -0.477. The molecule has 0 fully saturated rings. The summed E-state index contributed by atoms with van der Waals surface area (Å²) in [5.41, 5.74) is 5.51. The fraction of sp³-hybridized carbons (Fsp3) is 0.435. The Morgan fingerprint density at radius 3 is 2.61 bits per heavy atom. The molecule has 3 rings (SSSR count). The Morgan fingerprint density at radius 2 is 1.85 bits per heavy atom. The van der Waals surface area contributed by atoms with Crippen molar-refractivity contribution in [3.8, 4) is 5.75 Å². The molecule has 2 aromatic rings.